The average Bonchev–Trinajstić information content (AvgIpc) is 2.35. The number of aromatic nitrogens is 1. The molecule has 19 heavy (non-hydrogen) atoms. The van der Waals surface area contributed by atoms with Gasteiger partial charge >= 0.3 is 0 Å². The Morgan fingerprint density at radius 2 is 2.32 bits per heavy atom. The Balaban J connectivity index is 1.94. The van der Waals surface area contributed by atoms with Gasteiger partial charge in [-0.2, -0.15) is 11.8 Å². The third kappa shape index (κ3) is 4.69. The van der Waals surface area contributed by atoms with Gasteiger partial charge in [-0.15, -0.1) is 0 Å². The molecule has 1 fully saturated rings. The summed E-state index contributed by atoms with van der Waals surface area (Å²) < 4.78 is 0.384. The van der Waals surface area contributed by atoms with Crippen molar-refractivity contribution in [2.24, 2.45) is 0 Å². The first-order chi connectivity index (χ1) is 9.09. The van der Waals surface area contributed by atoms with Gasteiger partial charge in [-0.25, -0.2) is 4.98 Å². The van der Waals surface area contributed by atoms with E-state index < -0.39 is 0 Å². The van der Waals surface area contributed by atoms with E-state index in [-0.39, 0.29) is 0 Å². The highest BCUT2D eigenvalue weighted by atomic mass is 32.2. The molecular weight excluding hydrogens is 254 g/mol. The Morgan fingerprint density at radius 1 is 1.47 bits per heavy atom. The number of rotatable bonds is 5. The number of nitrogens with one attached hydrogen (secondary N) is 1. The Kier molecular flexibility index (Phi) is 5.11. The third-order valence-electron chi connectivity index (χ3n) is 3.29. The van der Waals surface area contributed by atoms with Crippen LogP contribution in [0.1, 0.15) is 32.8 Å². The van der Waals surface area contributed by atoms with Gasteiger partial charge in [0.15, 0.2) is 0 Å². The molecule has 0 unspecified atom stereocenters. The first-order valence-electron chi connectivity index (χ1n) is 7.14. The van der Waals surface area contributed by atoms with Crippen LogP contribution in [0.2, 0.25) is 0 Å². The summed E-state index contributed by atoms with van der Waals surface area (Å²) in [5, 5.41) is 3.35. The molecule has 106 valence electrons. The normalized spacial score (nSPS) is 19.3. The fraction of sp³-hybridized carbons (Fsp3) is 0.667. The highest BCUT2D eigenvalue weighted by Gasteiger charge is 2.26. The van der Waals surface area contributed by atoms with E-state index in [1.165, 1.54) is 17.9 Å². The van der Waals surface area contributed by atoms with Crippen molar-refractivity contribution < 1.29 is 0 Å². The van der Waals surface area contributed by atoms with Crippen molar-refractivity contribution in [2.45, 2.75) is 38.5 Å². The molecule has 0 amide bonds. The number of hydrogen-bond acceptors (Lipinski definition) is 4. The standard InChI is InChI=1S/C15H25N3S/c1-4-6-16-14-10-13(5-7-17-14)11-18-8-9-19-15(2,3)12-18/h5,7,10H,4,6,8-9,11-12H2,1-3H3,(H,16,17). The monoisotopic (exact) mass is 279 g/mol. The molecular formula is C15H25N3S. The van der Waals surface area contributed by atoms with Crippen LogP contribution in [0.3, 0.4) is 0 Å². The van der Waals surface area contributed by atoms with E-state index in [9.17, 15) is 0 Å². The molecule has 0 bridgehead atoms. The van der Waals surface area contributed by atoms with E-state index in [1.54, 1.807) is 0 Å². The Morgan fingerprint density at radius 3 is 3.05 bits per heavy atom. The van der Waals surface area contributed by atoms with Crippen LogP contribution in [0.5, 0.6) is 0 Å². The summed E-state index contributed by atoms with van der Waals surface area (Å²) in [5.74, 6) is 2.24. The van der Waals surface area contributed by atoms with E-state index in [1.807, 2.05) is 6.20 Å². The maximum atomic E-state index is 4.36. The molecule has 3 nitrogen and oxygen atoms in total. The molecule has 1 aliphatic heterocycles. The zero-order valence-electron chi connectivity index (χ0n) is 12.3. The van der Waals surface area contributed by atoms with Crippen LogP contribution in [0.15, 0.2) is 18.3 Å². The second kappa shape index (κ2) is 6.62. The highest BCUT2D eigenvalue weighted by molar-refractivity contribution is 8.00. The van der Waals surface area contributed by atoms with Crippen LogP contribution >= 0.6 is 11.8 Å². The van der Waals surface area contributed by atoms with Crippen molar-refractivity contribution in [2.75, 3.05) is 30.7 Å². The molecule has 1 N–H and O–H groups in total. The molecule has 1 saturated heterocycles. The fourth-order valence-corrected chi connectivity index (χ4v) is 3.61. The van der Waals surface area contributed by atoms with Crippen LogP contribution < -0.4 is 5.32 Å². The quantitative estimate of drug-likeness (QED) is 0.895. The van der Waals surface area contributed by atoms with Crippen LogP contribution in [-0.4, -0.2) is 40.0 Å². The predicted molar refractivity (Wildman–Crippen MR) is 84.8 cm³/mol. The molecule has 1 aliphatic rings. The van der Waals surface area contributed by atoms with Crippen molar-refractivity contribution in [3.63, 3.8) is 0 Å². The van der Waals surface area contributed by atoms with Gasteiger partial charge in [-0.1, -0.05) is 6.92 Å². The summed E-state index contributed by atoms with van der Waals surface area (Å²) in [7, 11) is 0. The zero-order valence-corrected chi connectivity index (χ0v) is 13.1. The molecule has 4 heteroatoms. The number of nitrogens with zero attached hydrogens (tertiary/aromatic N) is 2. The van der Waals surface area contributed by atoms with Crippen molar-refractivity contribution >= 4 is 17.6 Å². The zero-order chi connectivity index (χ0) is 13.7. The molecule has 2 heterocycles. The van der Waals surface area contributed by atoms with Gasteiger partial charge in [0, 0.05) is 42.9 Å². The number of pyridine rings is 1. The second-order valence-electron chi connectivity index (χ2n) is 5.79. The lowest BCUT2D eigenvalue weighted by molar-refractivity contribution is 0.252. The van der Waals surface area contributed by atoms with Crippen molar-refractivity contribution in [1.82, 2.24) is 9.88 Å². The summed E-state index contributed by atoms with van der Waals surface area (Å²) in [5.41, 5.74) is 1.36. The Bertz CT molecular complexity index is 406. The first kappa shape index (κ1) is 14.7. The van der Waals surface area contributed by atoms with E-state index in [2.05, 4.69) is 59.9 Å². The number of anilines is 1. The van der Waals surface area contributed by atoms with Gasteiger partial charge < -0.3 is 5.32 Å². The minimum absolute atomic E-state index is 0.384. The first-order valence-corrected chi connectivity index (χ1v) is 8.13. The SMILES string of the molecule is CCCNc1cc(CN2CCSC(C)(C)C2)ccn1. The molecule has 0 spiro atoms. The number of thioether (sulfide) groups is 1. The summed E-state index contributed by atoms with van der Waals surface area (Å²) >= 11 is 2.08. The minimum atomic E-state index is 0.384. The molecule has 0 atom stereocenters. The summed E-state index contributed by atoms with van der Waals surface area (Å²) in [4.78, 5) is 6.92. The van der Waals surface area contributed by atoms with Gasteiger partial charge in [0.25, 0.3) is 0 Å². The fourth-order valence-electron chi connectivity index (χ4n) is 2.43. The van der Waals surface area contributed by atoms with Gasteiger partial charge in [-0.3, -0.25) is 4.90 Å². The van der Waals surface area contributed by atoms with Crippen molar-refractivity contribution in [3.8, 4) is 0 Å². The summed E-state index contributed by atoms with van der Waals surface area (Å²) in [6.07, 6.45) is 3.04. The lowest BCUT2D eigenvalue weighted by Gasteiger charge is -2.37. The molecule has 0 aromatic carbocycles. The van der Waals surface area contributed by atoms with E-state index in [4.69, 9.17) is 0 Å². The largest absolute Gasteiger partial charge is 0.370 e. The van der Waals surface area contributed by atoms with Crippen molar-refractivity contribution in [3.05, 3.63) is 23.9 Å². The van der Waals surface area contributed by atoms with Gasteiger partial charge in [-0.05, 0) is 38.0 Å². The average molecular weight is 279 g/mol. The topological polar surface area (TPSA) is 28.2 Å². The van der Waals surface area contributed by atoms with Crippen LogP contribution in [0, 0.1) is 0 Å². The summed E-state index contributed by atoms with van der Waals surface area (Å²) in [6, 6.07) is 4.32. The highest BCUT2D eigenvalue weighted by Crippen LogP contribution is 2.30. The molecule has 0 radical (unpaired) electrons. The Hall–Kier alpha value is -0.740. The minimum Gasteiger partial charge on any atom is -0.370 e. The third-order valence-corrected chi connectivity index (χ3v) is 4.59. The van der Waals surface area contributed by atoms with Crippen LogP contribution in [0.25, 0.3) is 0 Å². The Labute approximate surface area is 121 Å². The summed E-state index contributed by atoms with van der Waals surface area (Å²) in [6.45, 7) is 11.2. The van der Waals surface area contributed by atoms with E-state index >= 15 is 0 Å². The van der Waals surface area contributed by atoms with Gasteiger partial charge in [0.1, 0.15) is 5.82 Å². The lowest BCUT2D eigenvalue weighted by Crippen LogP contribution is -2.42. The molecule has 0 saturated carbocycles. The molecule has 1 aromatic rings. The van der Waals surface area contributed by atoms with Gasteiger partial charge in [0.05, 0.1) is 0 Å². The van der Waals surface area contributed by atoms with Gasteiger partial charge in [0.2, 0.25) is 0 Å². The van der Waals surface area contributed by atoms with Crippen molar-refractivity contribution in [1.29, 1.82) is 0 Å². The van der Waals surface area contributed by atoms with Crippen LogP contribution in [0.4, 0.5) is 5.82 Å². The maximum Gasteiger partial charge on any atom is 0.126 e. The molecule has 2 rings (SSSR count). The van der Waals surface area contributed by atoms with Crippen LogP contribution in [-0.2, 0) is 6.54 Å². The molecule has 0 aliphatic carbocycles. The van der Waals surface area contributed by atoms with E-state index in [0.717, 1.165) is 31.9 Å². The van der Waals surface area contributed by atoms with E-state index in [0.29, 0.717) is 4.75 Å². The maximum absolute atomic E-state index is 4.36. The predicted octanol–water partition coefficient (Wildman–Crippen LogP) is 3.23. The second-order valence-corrected chi connectivity index (χ2v) is 7.60. The lowest BCUT2D eigenvalue weighted by atomic mass is 10.1. The molecule has 1 aromatic heterocycles. The smallest absolute Gasteiger partial charge is 0.126 e. The number of hydrogen-bond donors (Lipinski definition) is 1.